The summed E-state index contributed by atoms with van der Waals surface area (Å²) in [7, 11) is -3.38. The fourth-order valence-corrected chi connectivity index (χ4v) is 3.82. The number of hydrogen-bond donors (Lipinski definition) is 2. The highest BCUT2D eigenvalue weighted by Crippen LogP contribution is 2.27. The van der Waals surface area contributed by atoms with Gasteiger partial charge in [-0.15, -0.1) is 0 Å². The molecule has 1 aromatic carbocycles. The minimum Gasteiger partial charge on any atom is -0.482 e. The van der Waals surface area contributed by atoms with Crippen LogP contribution < -0.4 is 9.46 Å². The van der Waals surface area contributed by atoms with E-state index < -0.39 is 22.6 Å². The summed E-state index contributed by atoms with van der Waals surface area (Å²) in [4.78, 5) is 10.4. The second kappa shape index (κ2) is 6.13. The summed E-state index contributed by atoms with van der Waals surface area (Å²) in [6.45, 7) is -0.459. The van der Waals surface area contributed by atoms with Crippen molar-refractivity contribution in [3.63, 3.8) is 0 Å². The largest absolute Gasteiger partial charge is 0.482 e. The molecule has 20 heavy (non-hydrogen) atoms. The second-order valence-electron chi connectivity index (χ2n) is 4.76. The summed E-state index contributed by atoms with van der Waals surface area (Å²) < 4.78 is 31.8. The van der Waals surface area contributed by atoms with Crippen molar-refractivity contribution < 1.29 is 23.1 Å². The second-order valence-corrected chi connectivity index (χ2v) is 6.72. The number of benzene rings is 1. The lowest BCUT2D eigenvalue weighted by molar-refractivity contribution is -0.139. The van der Waals surface area contributed by atoms with E-state index in [0.717, 1.165) is 12.8 Å². The van der Waals surface area contributed by atoms with Crippen molar-refractivity contribution in [3.8, 4) is 5.75 Å². The van der Waals surface area contributed by atoms with Crippen molar-refractivity contribution >= 4 is 21.7 Å². The van der Waals surface area contributed by atoms with E-state index in [0.29, 0.717) is 24.3 Å². The average molecular weight is 299 g/mol. The topological polar surface area (TPSA) is 92.7 Å². The molecule has 6 nitrogen and oxygen atoms in total. The number of sulfonamides is 1. The van der Waals surface area contributed by atoms with E-state index in [1.54, 1.807) is 18.2 Å². The Bertz CT molecular complexity index is 578. The van der Waals surface area contributed by atoms with Crippen molar-refractivity contribution in [2.24, 2.45) is 0 Å². The van der Waals surface area contributed by atoms with Gasteiger partial charge in [0.1, 0.15) is 5.75 Å². The number of aliphatic carboxylic acids is 1. The molecule has 1 fully saturated rings. The molecular formula is C13H17NO5S. The van der Waals surface area contributed by atoms with Crippen molar-refractivity contribution in [1.82, 2.24) is 0 Å². The zero-order valence-corrected chi connectivity index (χ0v) is 11.7. The third-order valence-corrected chi connectivity index (χ3v) is 5.07. The molecule has 0 amide bonds. The molecule has 0 unspecified atom stereocenters. The van der Waals surface area contributed by atoms with Gasteiger partial charge in [-0.1, -0.05) is 18.9 Å². The molecule has 0 atom stereocenters. The molecule has 0 aromatic heterocycles. The predicted molar refractivity (Wildman–Crippen MR) is 74.4 cm³/mol. The van der Waals surface area contributed by atoms with Gasteiger partial charge in [-0.25, -0.2) is 13.2 Å². The first kappa shape index (κ1) is 14.6. The van der Waals surface area contributed by atoms with Crippen molar-refractivity contribution in [2.45, 2.75) is 30.9 Å². The van der Waals surface area contributed by atoms with Gasteiger partial charge in [-0.05, 0) is 25.0 Å². The van der Waals surface area contributed by atoms with Crippen LogP contribution in [-0.2, 0) is 14.8 Å². The van der Waals surface area contributed by atoms with Crippen LogP contribution in [0.25, 0.3) is 0 Å². The summed E-state index contributed by atoms with van der Waals surface area (Å²) >= 11 is 0. The Morgan fingerprint density at radius 1 is 1.35 bits per heavy atom. The normalized spacial score (nSPS) is 16.0. The number of anilines is 1. The van der Waals surface area contributed by atoms with Gasteiger partial charge < -0.3 is 9.84 Å². The molecule has 0 bridgehead atoms. The maximum atomic E-state index is 12.1. The zero-order chi connectivity index (χ0) is 14.6. The highest BCUT2D eigenvalue weighted by Gasteiger charge is 2.28. The smallest absolute Gasteiger partial charge is 0.341 e. The number of carbonyl (C=O) groups is 1. The molecule has 0 heterocycles. The highest BCUT2D eigenvalue weighted by molar-refractivity contribution is 7.93. The maximum absolute atomic E-state index is 12.1. The first-order chi connectivity index (χ1) is 9.47. The van der Waals surface area contributed by atoms with Gasteiger partial charge in [-0.2, -0.15) is 0 Å². The predicted octanol–water partition coefficient (Wildman–Crippen LogP) is 1.83. The maximum Gasteiger partial charge on any atom is 0.341 e. The van der Waals surface area contributed by atoms with E-state index in [1.807, 2.05) is 0 Å². The molecular weight excluding hydrogens is 282 g/mol. The summed E-state index contributed by atoms with van der Waals surface area (Å²) in [5, 5.41) is 8.20. The van der Waals surface area contributed by atoms with Crippen LogP contribution in [0.1, 0.15) is 25.7 Å². The molecule has 0 aliphatic heterocycles. The SMILES string of the molecule is O=C(O)COc1cccc(NS(=O)(=O)C2CCCC2)c1. The Morgan fingerprint density at radius 3 is 2.70 bits per heavy atom. The average Bonchev–Trinajstić information content (AvgIpc) is 2.91. The van der Waals surface area contributed by atoms with E-state index in [-0.39, 0.29) is 5.25 Å². The Morgan fingerprint density at radius 2 is 2.05 bits per heavy atom. The monoisotopic (exact) mass is 299 g/mol. The Labute approximate surface area is 117 Å². The number of hydrogen-bond acceptors (Lipinski definition) is 4. The minimum absolute atomic E-state index is 0.319. The summed E-state index contributed by atoms with van der Waals surface area (Å²) in [6, 6.07) is 6.29. The molecule has 1 aliphatic rings. The van der Waals surface area contributed by atoms with Gasteiger partial charge in [0.05, 0.1) is 10.9 Å². The summed E-state index contributed by atoms with van der Waals surface area (Å²) in [5.41, 5.74) is 0.389. The van der Waals surface area contributed by atoms with Crippen LogP contribution in [0.3, 0.4) is 0 Å². The molecule has 1 saturated carbocycles. The standard InChI is InChI=1S/C13H17NO5S/c15-13(16)9-19-11-5-3-4-10(8-11)14-20(17,18)12-6-1-2-7-12/h3-5,8,12,14H,1-2,6-7,9H2,(H,15,16). The number of rotatable bonds is 6. The molecule has 0 saturated heterocycles. The molecule has 2 N–H and O–H groups in total. The van der Waals surface area contributed by atoms with Crippen LogP contribution in [0, 0.1) is 0 Å². The number of carboxylic acid groups (broad SMARTS) is 1. The van der Waals surface area contributed by atoms with Gasteiger partial charge in [0.25, 0.3) is 0 Å². The Balaban J connectivity index is 2.05. The van der Waals surface area contributed by atoms with Gasteiger partial charge in [0, 0.05) is 6.07 Å². The van der Waals surface area contributed by atoms with Crippen LogP contribution in [0.4, 0.5) is 5.69 Å². The lowest BCUT2D eigenvalue weighted by Crippen LogP contribution is -2.25. The highest BCUT2D eigenvalue weighted by atomic mass is 32.2. The van der Waals surface area contributed by atoms with Crippen molar-refractivity contribution in [2.75, 3.05) is 11.3 Å². The molecule has 110 valence electrons. The fourth-order valence-electron chi connectivity index (χ4n) is 2.24. The lowest BCUT2D eigenvalue weighted by atomic mass is 10.3. The first-order valence-corrected chi connectivity index (χ1v) is 7.98. The first-order valence-electron chi connectivity index (χ1n) is 6.44. The molecule has 0 spiro atoms. The third-order valence-electron chi connectivity index (χ3n) is 3.20. The van der Waals surface area contributed by atoms with Gasteiger partial charge in [-0.3, -0.25) is 4.72 Å². The van der Waals surface area contributed by atoms with Gasteiger partial charge >= 0.3 is 5.97 Å². The lowest BCUT2D eigenvalue weighted by Gasteiger charge is -2.14. The molecule has 1 aliphatic carbocycles. The molecule has 2 rings (SSSR count). The Kier molecular flexibility index (Phi) is 4.49. The molecule has 7 heteroatoms. The Hall–Kier alpha value is -1.76. The quantitative estimate of drug-likeness (QED) is 0.836. The van der Waals surface area contributed by atoms with Crippen molar-refractivity contribution in [1.29, 1.82) is 0 Å². The third kappa shape index (κ3) is 3.86. The van der Waals surface area contributed by atoms with Crippen LogP contribution in [0.2, 0.25) is 0 Å². The number of ether oxygens (including phenoxy) is 1. The zero-order valence-electron chi connectivity index (χ0n) is 10.9. The van der Waals surface area contributed by atoms with Gasteiger partial charge in [0.15, 0.2) is 6.61 Å². The van der Waals surface area contributed by atoms with E-state index in [1.165, 1.54) is 6.07 Å². The van der Waals surface area contributed by atoms with E-state index in [4.69, 9.17) is 9.84 Å². The van der Waals surface area contributed by atoms with E-state index >= 15 is 0 Å². The van der Waals surface area contributed by atoms with Crippen LogP contribution in [0.5, 0.6) is 5.75 Å². The van der Waals surface area contributed by atoms with Gasteiger partial charge in [0.2, 0.25) is 10.0 Å². The number of nitrogens with one attached hydrogen (secondary N) is 1. The van der Waals surface area contributed by atoms with E-state index in [2.05, 4.69) is 4.72 Å². The molecule has 0 radical (unpaired) electrons. The van der Waals surface area contributed by atoms with Crippen LogP contribution in [0.15, 0.2) is 24.3 Å². The summed E-state index contributed by atoms with van der Waals surface area (Å²) in [6.07, 6.45) is 3.25. The van der Waals surface area contributed by atoms with E-state index in [9.17, 15) is 13.2 Å². The van der Waals surface area contributed by atoms with Crippen LogP contribution >= 0.6 is 0 Å². The minimum atomic E-state index is -3.38. The number of carboxylic acids is 1. The molecule has 1 aromatic rings. The van der Waals surface area contributed by atoms with Crippen LogP contribution in [-0.4, -0.2) is 31.4 Å². The fraction of sp³-hybridized carbons (Fsp3) is 0.462. The van der Waals surface area contributed by atoms with Crippen molar-refractivity contribution in [3.05, 3.63) is 24.3 Å². The summed E-state index contributed by atoms with van der Waals surface area (Å²) in [5.74, 6) is -0.763.